The molecule has 3 rings (SSSR count). The van der Waals surface area contributed by atoms with Crippen LogP contribution in [0.15, 0.2) is 24.3 Å². The number of thiophene rings is 1. The zero-order valence-electron chi connectivity index (χ0n) is 11.7. The Morgan fingerprint density at radius 1 is 1.30 bits per heavy atom. The lowest BCUT2D eigenvalue weighted by Gasteiger charge is -2.33. The fraction of sp³-hybridized carbons (Fsp3) is 0.500. The lowest BCUT2D eigenvalue weighted by atomic mass is 9.82. The van der Waals surface area contributed by atoms with E-state index in [9.17, 15) is 0 Å². The van der Waals surface area contributed by atoms with Gasteiger partial charge in [0.1, 0.15) is 0 Å². The summed E-state index contributed by atoms with van der Waals surface area (Å²) in [5.41, 5.74) is 0.363. The van der Waals surface area contributed by atoms with Crippen molar-refractivity contribution in [1.29, 1.82) is 0 Å². The molecule has 0 atom stereocenters. The Balaban J connectivity index is 1.63. The molecule has 20 heavy (non-hydrogen) atoms. The normalized spacial score (nSPS) is 18.5. The van der Waals surface area contributed by atoms with E-state index in [4.69, 9.17) is 16.3 Å². The molecule has 108 valence electrons. The maximum atomic E-state index is 6.46. The van der Waals surface area contributed by atoms with Crippen LogP contribution in [-0.4, -0.2) is 19.8 Å². The third kappa shape index (κ3) is 3.01. The highest BCUT2D eigenvalue weighted by Gasteiger charge is 2.26. The van der Waals surface area contributed by atoms with Crippen molar-refractivity contribution in [1.82, 2.24) is 5.32 Å². The summed E-state index contributed by atoms with van der Waals surface area (Å²) >= 11 is 8.25. The lowest BCUT2D eigenvalue weighted by Crippen LogP contribution is -2.36. The highest BCUT2D eigenvalue weighted by atomic mass is 35.5. The predicted molar refractivity (Wildman–Crippen MR) is 86.7 cm³/mol. The summed E-state index contributed by atoms with van der Waals surface area (Å²) in [7, 11) is 0. The van der Waals surface area contributed by atoms with Gasteiger partial charge in [0.15, 0.2) is 0 Å². The molecule has 1 aromatic carbocycles. The van der Waals surface area contributed by atoms with E-state index in [-0.39, 0.29) is 0 Å². The van der Waals surface area contributed by atoms with Gasteiger partial charge in [0.05, 0.1) is 5.02 Å². The van der Waals surface area contributed by atoms with Gasteiger partial charge >= 0.3 is 0 Å². The van der Waals surface area contributed by atoms with Crippen molar-refractivity contribution in [2.45, 2.75) is 26.3 Å². The molecule has 4 heteroatoms. The van der Waals surface area contributed by atoms with E-state index in [1.807, 2.05) is 6.07 Å². The molecule has 0 saturated carbocycles. The van der Waals surface area contributed by atoms with E-state index in [2.05, 4.69) is 30.4 Å². The van der Waals surface area contributed by atoms with E-state index >= 15 is 0 Å². The summed E-state index contributed by atoms with van der Waals surface area (Å²) in [5, 5.41) is 5.67. The Labute approximate surface area is 129 Å². The lowest BCUT2D eigenvalue weighted by molar-refractivity contribution is 0.0240. The average Bonchev–Trinajstić information content (AvgIpc) is 2.77. The molecule has 1 N–H and O–H groups in total. The van der Waals surface area contributed by atoms with Crippen LogP contribution in [0.5, 0.6) is 0 Å². The van der Waals surface area contributed by atoms with E-state index in [1.165, 1.54) is 15.0 Å². The van der Waals surface area contributed by atoms with Crippen molar-refractivity contribution in [3.05, 3.63) is 34.2 Å². The van der Waals surface area contributed by atoms with Crippen molar-refractivity contribution >= 4 is 33.0 Å². The minimum absolute atomic E-state index is 0.363. The number of rotatable bonds is 4. The molecule has 0 spiro atoms. The van der Waals surface area contributed by atoms with Gasteiger partial charge in [-0.05, 0) is 24.3 Å². The minimum Gasteiger partial charge on any atom is -0.381 e. The van der Waals surface area contributed by atoms with Crippen LogP contribution in [0.2, 0.25) is 5.02 Å². The molecule has 2 heterocycles. The van der Waals surface area contributed by atoms with Gasteiger partial charge in [0, 0.05) is 41.3 Å². The zero-order valence-corrected chi connectivity index (χ0v) is 13.3. The summed E-state index contributed by atoms with van der Waals surface area (Å²) in [5.74, 6) is 0. The Kier molecular flexibility index (Phi) is 4.32. The second-order valence-electron chi connectivity index (χ2n) is 5.86. The van der Waals surface area contributed by atoms with Gasteiger partial charge in [0.25, 0.3) is 0 Å². The largest absolute Gasteiger partial charge is 0.381 e. The number of hydrogen-bond donors (Lipinski definition) is 1. The van der Waals surface area contributed by atoms with Crippen LogP contribution in [0.25, 0.3) is 10.1 Å². The average molecular weight is 310 g/mol. The van der Waals surface area contributed by atoms with Crippen LogP contribution < -0.4 is 5.32 Å². The van der Waals surface area contributed by atoms with Crippen LogP contribution in [-0.2, 0) is 11.3 Å². The van der Waals surface area contributed by atoms with E-state index in [0.29, 0.717) is 5.41 Å². The summed E-state index contributed by atoms with van der Waals surface area (Å²) < 4.78 is 6.71. The number of hydrogen-bond acceptors (Lipinski definition) is 3. The molecule has 1 aromatic heterocycles. The summed E-state index contributed by atoms with van der Waals surface area (Å²) in [6.45, 7) is 6.01. The maximum Gasteiger partial charge on any atom is 0.0636 e. The van der Waals surface area contributed by atoms with Crippen LogP contribution in [0.4, 0.5) is 0 Å². The van der Waals surface area contributed by atoms with Crippen LogP contribution in [0, 0.1) is 5.41 Å². The molecule has 0 amide bonds. The smallest absolute Gasteiger partial charge is 0.0636 e. The Morgan fingerprint density at radius 2 is 2.05 bits per heavy atom. The predicted octanol–water partition coefficient (Wildman–Crippen LogP) is 4.46. The summed E-state index contributed by atoms with van der Waals surface area (Å²) in [4.78, 5) is 1.24. The first-order valence-corrected chi connectivity index (χ1v) is 8.32. The third-order valence-electron chi connectivity index (χ3n) is 4.14. The van der Waals surface area contributed by atoms with E-state index in [0.717, 1.165) is 44.2 Å². The maximum absolute atomic E-state index is 6.46. The Bertz CT molecular complexity index is 589. The highest BCUT2D eigenvalue weighted by molar-refractivity contribution is 7.19. The highest BCUT2D eigenvalue weighted by Crippen LogP contribution is 2.35. The molecule has 0 aliphatic carbocycles. The Hall–Kier alpha value is -0.610. The summed E-state index contributed by atoms with van der Waals surface area (Å²) in [6.07, 6.45) is 2.28. The van der Waals surface area contributed by atoms with Crippen molar-refractivity contribution in [3.63, 3.8) is 0 Å². The topological polar surface area (TPSA) is 21.3 Å². The molecule has 2 nitrogen and oxygen atoms in total. The van der Waals surface area contributed by atoms with Gasteiger partial charge in [-0.15, -0.1) is 11.3 Å². The van der Waals surface area contributed by atoms with Gasteiger partial charge in [0.2, 0.25) is 0 Å². The molecule has 1 saturated heterocycles. The summed E-state index contributed by atoms with van der Waals surface area (Å²) in [6, 6.07) is 8.34. The molecular weight excluding hydrogens is 290 g/mol. The first kappa shape index (κ1) is 14.3. The SMILES string of the molecule is CC1(CNCc2sc3ccccc3c2Cl)CCOCC1. The molecule has 0 unspecified atom stereocenters. The number of fused-ring (bicyclic) bond motifs is 1. The number of nitrogens with one attached hydrogen (secondary N) is 1. The first-order chi connectivity index (χ1) is 9.68. The van der Waals surface area contributed by atoms with Crippen LogP contribution in [0.1, 0.15) is 24.6 Å². The van der Waals surface area contributed by atoms with Crippen LogP contribution >= 0.6 is 22.9 Å². The standard InChI is InChI=1S/C16H20ClNOS/c1-16(6-8-19-9-7-16)11-18-10-14-15(17)12-4-2-3-5-13(12)20-14/h2-5,18H,6-11H2,1H3. The van der Waals surface area contributed by atoms with E-state index in [1.54, 1.807) is 11.3 Å². The van der Waals surface area contributed by atoms with Crippen molar-refractivity contribution in [2.75, 3.05) is 19.8 Å². The fourth-order valence-corrected chi connectivity index (χ4v) is 4.17. The number of ether oxygens (including phenoxy) is 1. The van der Waals surface area contributed by atoms with Gasteiger partial charge in [-0.2, -0.15) is 0 Å². The minimum atomic E-state index is 0.363. The van der Waals surface area contributed by atoms with Gasteiger partial charge in [-0.25, -0.2) is 0 Å². The number of halogens is 1. The second kappa shape index (κ2) is 6.02. The molecule has 0 bridgehead atoms. The van der Waals surface area contributed by atoms with Crippen molar-refractivity contribution < 1.29 is 4.74 Å². The monoisotopic (exact) mass is 309 g/mol. The van der Waals surface area contributed by atoms with Gasteiger partial charge < -0.3 is 10.1 Å². The molecule has 1 fully saturated rings. The third-order valence-corrected chi connectivity index (χ3v) is 5.85. The molecular formula is C16H20ClNOS. The fourth-order valence-electron chi connectivity index (χ4n) is 2.70. The van der Waals surface area contributed by atoms with E-state index < -0.39 is 0 Å². The van der Waals surface area contributed by atoms with Gasteiger partial charge in [-0.3, -0.25) is 0 Å². The molecule has 1 aliphatic heterocycles. The number of benzene rings is 1. The second-order valence-corrected chi connectivity index (χ2v) is 7.38. The molecule has 0 radical (unpaired) electrons. The Morgan fingerprint density at radius 3 is 2.80 bits per heavy atom. The molecule has 1 aliphatic rings. The van der Waals surface area contributed by atoms with Crippen LogP contribution in [0.3, 0.4) is 0 Å². The van der Waals surface area contributed by atoms with Crippen molar-refractivity contribution in [3.8, 4) is 0 Å². The zero-order chi connectivity index (χ0) is 14.0. The quantitative estimate of drug-likeness (QED) is 0.900. The first-order valence-electron chi connectivity index (χ1n) is 7.12. The van der Waals surface area contributed by atoms with Gasteiger partial charge in [-0.1, -0.05) is 36.7 Å². The van der Waals surface area contributed by atoms with Crippen molar-refractivity contribution in [2.24, 2.45) is 5.41 Å². The molecule has 2 aromatic rings.